The maximum Gasteiger partial charge on any atom is 0.261 e. The van der Waals surface area contributed by atoms with Gasteiger partial charge in [0.2, 0.25) is 0 Å². The number of hydrogen-bond donors (Lipinski definition) is 2. The topological polar surface area (TPSA) is 52.6 Å². The minimum atomic E-state index is -0.992. The average Bonchev–Trinajstić information content (AvgIpc) is 2.40. The van der Waals surface area contributed by atoms with Crippen molar-refractivity contribution in [2.75, 3.05) is 19.4 Å². The summed E-state index contributed by atoms with van der Waals surface area (Å²) in [5.74, 6) is -3.15. The van der Waals surface area contributed by atoms with Crippen molar-refractivity contribution in [3.63, 3.8) is 0 Å². The van der Waals surface area contributed by atoms with Crippen molar-refractivity contribution in [3.8, 4) is 5.75 Å². The third kappa shape index (κ3) is 4.43. The number of rotatable bonds is 4. The molecule has 8 heteroatoms. The van der Waals surface area contributed by atoms with Gasteiger partial charge >= 0.3 is 0 Å². The molecule has 0 aliphatic carbocycles. The third-order valence-electron chi connectivity index (χ3n) is 2.74. The number of phenolic OH excluding ortho intramolecular Hbond substituents is 1. The number of anilines is 1. The fourth-order valence-electron chi connectivity index (χ4n) is 1.83. The monoisotopic (exact) mass is 402 g/mol. The molecule has 0 saturated heterocycles. The molecule has 0 fully saturated rings. The van der Waals surface area contributed by atoms with E-state index in [-0.39, 0.29) is 15.9 Å². The molecule has 2 rings (SSSR count). The Bertz CT molecular complexity index is 733. The minimum absolute atomic E-state index is 0.0693. The summed E-state index contributed by atoms with van der Waals surface area (Å²) in [6, 6.07) is 6.58. The highest BCUT2D eigenvalue weighted by Gasteiger charge is 2.19. The van der Waals surface area contributed by atoms with E-state index in [4.69, 9.17) is 0 Å². The van der Waals surface area contributed by atoms with Crippen molar-refractivity contribution >= 4 is 39.5 Å². The minimum Gasteiger partial charge on any atom is -0.506 e. The van der Waals surface area contributed by atoms with Crippen molar-refractivity contribution in [3.05, 3.63) is 52.0 Å². The largest absolute Gasteiger partial charge is 0.506 e. The molecule has 0 heterocycles. The quantitative estimate of drug-likeness (QED) is 0.592. The number of halogens is 3. The molecule has 122 valence electrons. The van der Waals surface area contributed by atoms with Gasteiger partial charge in [-0.15, -0.1) is 0 Å². The second kappa shape index (κ2) is 7.29. The maximum atomic E-state index is 13.8. The summed E-state index contributed by atoms with van der Waals surface area (Å²) in [6.07, 6.45) is 0. The molecule has 4 nitrogen and oxygen atoms in total. The summed E-state index contributed by atoms with van der Waals surface area (Å²) in [5.41, 5.74) is -0.640. The molecule has 23 heavy (non-hydrogen) atoms. The smallest absolute Gasteiger partial charge is 0.261 e. The van der Waals surface area contributed by atoms with Crippen molar-refractivity contribution < 1.29 is 18.7 Å². The van der Waals surface area contributed by atoms with Crippen molar-refractivity contribution in [1.29, 1.82) is 0 Å². The Labute approximate surface area is 144 Å². The van der Waals surface area contributed by atoms with Gasteiger partial charge in [-0.3, -0.25) is 9.10 Å². The van der Waals surface area contributed by atoms with Gasteiger partial charge in [-0.1, -0.05) is 15.9 Å². The van der Waals surface area contributed by atoms with Crippen LogP contribution in [0.4, 0.5) is 14.5 Å². The fraction of sp³-hybridized carbons (Fsp3) is 0.133. The number of phenols is 1. The molecule has 0 aromatic heterocycles. The van der Waals surface area contributed by atoms with Crippen LogP contribution >= 0.6 is 27.9 Å². The lowest BCUT2D eigenvalue weighted by molar-refractivity contribution is 0.101. The first-order chi connectivity index (χ1) is 10.8. The third-order valence-corrected chi connectivity index (χ3v) is 4.03. The zero-order valence-corrected chi connectivity index (χ0v) is 14.6. The second-order valence-corrected chi connectivity index (χ2v) is 7.08. The van der Waals surface area contributed by atoms with Crippen LogP contribution in [-0.4, -0.2) is 29.4 Å². The molecule has 0 radical (unpaired) electrons. The number of amides is 1. The van der Waals surface area contributed by atoms with E-state index in [1.807, 2.05) is 18.4 Å². The van der Waals surface area contributed by atoms with Crippen LogP contribution in [0, 0.1) is 11.6 Å². The van der Waals surface area contributed by atoms with Crippen molar-refractivity contribution in [1.82, 2.24) is 4.31 Å². The van der Waals surface area contributed by atoms with Crippen LogP contribution in [0.2, 0.25) is 0 Å². The van der Waals surface area contributed by atoms with E-state index in [2.05, 4.69) is 21.2 Å². The summed E-state index contributed by atoms with van der Waals surface area (Å²) in [6.45, 7) is 0. The zero-order valence-electron chi connectivity index (χ0n) is 12.2. The molecule has 2 N–H and O–H groups in total. The highest BCUT2D eigenvalue weighted by Crippen LogP contribution is 2.31. The number of hydrogen-bond acceptors (Lipinski definition) is 4. The maximum absolute atomic E-state index is 13.8. The van der Waals surface area contributed by atoms with Crippen LogP contribution in [-0.2, 0) is 0 Å². The van der Waals surface area contributed by atoms with Crippen LogP contribution in [0.3, 0.4) is 0 Å². The van der Waals surface area contributed by atoms with Crippen LogP contribution in [0.25, 0.3) is 0 Å². The van der Waals surface area contributed by atoms with Crippen molar-refractivity contribution in [2.45, 2.75) is 4.90 Å². The Morgan fingerprint density at radius 2 is 1.83 bits per heavy atom. The predicted octanol–water partition coefficient (Wildman–Crippen LogP) is 4.25. The molecule has 2 aromatic carbocycles. The van der Waals surface area contributed by atoms with Gasteiger partial charge in [0, 0.05) is 9.37 Å². The number of benzene rings is 2. The second-order valence-electron chi connectivity index (χ2n) is 4.78. The Kier molecular flexibility index (Phi) is 5.61. The van der Waals surface area contributed by atoms with Gasteiger partial charge < -0.3 is 10.4 Å². The standard InChI is InChI=1S/C15H13BrF2N2O2S/c1-20(2)23-9-3-4-12(13(21)7-9)19-15(22)14-10(17)5-8(16)6-11(14)18/h3-7,21H,1-2H3,(H,19,22). The summed E-state index contributed by atoms with van der Waals surface area (Å²) >= 11 is 4.32. The van der Waals surface area contributed by atoms with E-state index in [9.17, 15) is 18.7 Å². The lowest BCUT2D eigenvalue weighted by Crippen LogP contribution is -2.16. The lowest BCUT2D eigenvalue weighted by Gasteiger charge is -2.12. The summed E-state index contributed by atoms with van der Waals surface area (Å²) in [4.78, 5) is 12.8. The van der Waals surface area contributed by atoms with Gasteiger partial charge in [0.1, 0.15) is 22.9 Å². The Morgan fingerprint density at radius 3 is 2.35 bits per heavy atom. The van der Waals surface area contributed by atoms with Crippen LogP contribution < -0.4 is 5.32 Å². The van der Waals surface area contributed by atoms with Gasteiger partial charge in [0.05, 0.1) is 5.69 Å². The zero-order chi connectivity index (χ0) is 17.1. The predicted molar refractivity (Wildman–Crippen MR) is 89.7 cm³/mol. The van der Waals surface area contributed by atoms with E-state index in [1.165, 1.54) is 24.1 Å². The summed E-state index contributed by atoms with van der Waals surface area (Å²) in [5, 5.41) is 12.2. The fourth-order valence-corrected chi connectivity index (χ4v) is 2.95. The summed E-state index contributed by atoms with van der Waals surface area (Å²) < 4.78 is 29.6. The van der Waals surface area contributed by atoms with Gasteiger partial charge in [-0.05, 0) is 56.4 Å². The molecule has 0 aliphatic heterocycles. The number of nitrogens with zero attached hydrogens (tertiary/aromatic N) is 1. The number of aromatic hydroxyl groups is 1. The molecule has 0 atom stereocenters. The molecule has 0 saturated carbocycles. The van der Waals surface area contributed by atoms with E-state index in [1.54, 1.807) is 6.07 Å². The molecule has 0 aliphatic rings. The molecular formula is C15H13BrF2N2O2S. The Hall–Kier alpha value is -1.64. The molecule has 0 spiro atoms. The van der Waals surface area contributed by atoms with Gasteiger partial charge in [-0.25, -0.2) is 8.78 Å². The van der Waals surface area contributed by atoms with E-state index in [0.717, 1.165) is 17.0 Å². The van der Waals surface area contributed by atoms with Crippen LogP contribution in [0.15, 0.2) is 39.7 Å². The van der Waals surface area contributed by atoms with Gasteiger partial charge in [-0.2, -0.15) is 0 Å². The average molecular weight is 403 g/mol. The van der Waals surface area contributed by atoms with Crippen molar-refractivity contribution in [2.24, 2.45) is 0 Å². The number of carbonyl (C=O) groups is 1. The molecule has 0 bridgehead atoms. The molecule has 1 amide bonds. The van der Waals surface area contributed by atoms with Gasteiger partial charge in [0.15, 0.2) is 0 Å². The first kappa shape index (κ1) is 17.7. The first-order valence-corrected chi connectivity index (χ1v) is 7.98. The lowest BCUT2D eigenvalue weighted by atomic mass is 10.1. The number of nitrogens with one attached hydrogen (secondary N) is 1. The van der Waals surface area contributed by atoms with Crippen LogP contribution in [0.5, 0.6) is 5.75 Å². The summed E-state index contributed by atoms with van der Waals surface area (Å²) in [7, 11) is 3.69. The SMILES string of the molecule is CN(C)Sc1ccc(NC(=O)c2c(F)cc(Br)cc2F)c(O)c1. The highest BCUT2D eigenvalue weighted by molar-refractivity contribution is 9.10. The van der Waals surface area contributed by atoms with E-state index < -0.39 is 23.1 Å². The van der Waals surface area contributed by atoms with Crippen LogP contribution in [0.1, 0.15) is 10.4 Å². The molecule has 2 aromatic rings. The molecular weight excluding hydrogens is 390 g/mol. The van der Waals surface area contributed by atoms with Gasteiger partial charge in [0.25, 0.3) is 5.91 Å². The normalized spacial score (nSPS) is 10.9. The first-order valence-electron chi connectivity index (χ1n) is 6.42. The highest BCUT2D eigenvalue weighted by atomic mass is 79.9. The Balaban J connectivity index is 2.24. The van der Waals surface area contributed by atoms with E-state index >= 15 is 0 Å². The number of carbonyl (C=O) groups excluding carboxylic acids is 1. The van der Waals surface area contributed by atoms with E-state index in [0.29, 0.717) is 0 Å². The molecule has 0 unspecified atom stereocenters. The Morgan fingerprint density at radius 1 is 1.22 bits per heavy atom.